The van der Waals surface area contributed by atoms with Gasteiger partial charge in [-0.1, -0.05) is 13.3 Å². The van der Waals surface area contributed by atoms with Crippen molar-refractivity contribution in [1.82, 2.24) is 0 Å². The summed E-state index contributed by atoms with van der Waals surface area (Å²) in [4.78, 5) is 0. The molecule has 0 spiro atoms. The highest BCUT2D eigenvalue weighted by atomic mass is 19.1. The van der Waals surface area contributed by atoms with Gasteiger partial charge in [0.05, 0.1) is 11.4 Å². The van der Waals surface area contributed by atoms with Crippen LogP contribution in [0.5, 0.6) is 0 Å². The molecule has 2 nitrogen and oxygen atoms in total. The van der Waals surface area contributed by atoms with Gasteiger partial charge in [0.15, 0.2) is 0 Å². The fraction of sp³-hybridized carbons (Fsp3) is 0.538. The summed E-state index contributed by atoms with van der Waals surface area (Å²) >= 11 is 0. The summed E-state index contributed by atoms with van der Waals surface area (Å²) in [5.74, 6) is -0.176. The minimum Gasteiger partial charge on any atom is -0.383 e. The van der Waals surface area contributed by atoms with Gasteiger partial charge in [0, 0.05) is 18.0 Å². The summed E-state index contributed by atoms with van der Waals surface area (Å²) in [6.45, 7) is 3.24. The second-order valence-electron chi connectivity index (χ2n) is 5.29. The van der Waals surface area contributed by atoms with E-state index in [1.807, 2.05) is 6.07 Å². The standard InChI is InChI=1S/C13H17FN2/c1-13-6-2-3-12(13)16-10-5-4-9(14)7-11(10)15-8-13/h4-5,7,12,15-16H,2-3,6,8H2,1H3. The Labute approximate surface area is 95.2 Å². The lowest BCUT2D eigenvalue weighted by Crippen LogP contribution is -2.36. The fourth-order valence-electron chi connectivity index (χ4n) is 2.96. The number of fused-ring (bicyclic) bond motifs is 2. The lowest BCUT2D eigenvalue weighted by atomic mass is 9.85. The fourth-order valence-corrected chi connectivity index (χ4v) is 2.96. The van der Waals surface area contributed by atoms with Crippen LogP contribution in [-0.2, 0) is 0 Å². The molecule has 0 bridgehead atoms. The van der Waals surface area contributed by atoms with Crippen molar-refractivity contribution in [1.29, 1.82) is 0 Å². The molecule has 1 saturated carbocycles. The van der Waals surface area contributed by atoms with Crippen LogP contribution in [-0.4, -0.2) is 12.6 Å². The van der Waals surface area contributed by atoms with Gasteiger partial charge in [-0.25, -0.2) is 4.39 Å². The molecule has 1 aliphatic carbocycles. The largest absolute Gasteiger partial charge is 0.383 e. The van der Waals surface area contributed by atoms with Crippen LogP contribution in [0, 0.1) is 11.2 Å². The Morgan fingerprint density at radius 3 is 3.12 bits per heavy atom. The first-order valence-electron chi connectivity index (χ1n) is 5.97. The third-order valence-corrected chi connectivity index (χ3v) is 4.08. The van der Waals surface area contributed by atoms with Gasteiger partial charge in [-0.2, -0.15) is 0 Å². The molecular formula is C13H17FN2. The van der Waals surface area contributed by atoms with Crippen LogP contribution in [0.4, 0.5) is 15.8 Å². The highest BCUT2D eigenvalue weighted by Crippen LogP contribution is 2.43. The van der Waals surface area contributed by atoms with Crippen LogP contribution in [0.1, 0.15) is 26.2 Å². The average molecular weight is 220 g/mol. The Bertz CT molecular complexity index is 418. The summed E-state index contributed by atoms with van der Waals surface area (Å²) in [5, 5.41) is 6.94. The number of hydrogen-bond acceptors (Lipinski definition) is 2. The molecule has 2 N–H and O–H groups in total. The number of nitrogens with one attached hydrogen (secondary N) is 2. The Balaban J connectivity index is 1.97. The molecule has 86 valence electrons. The number of benzene rings is 1. The lowest BCUT2D eigenvalue weighted by molar-refractivity contribution is 0.335. The quantitative estimate of drug-likeness (QED) is 0.701. The molecule has 2 atom stereocenters. The van der Waals surface area contributed by atoms with Gasteiger partial charge in [0.2, 0.25) is 0 Å². The molecule has 16 heavy (non-hydrogen) atoms. The van der Waals surface area contributed by atoms with Crippen LogP contribution >= 0.6 is 0 Å². The molecule has 3 rings (SSSR count). The van der Waals surface area contributed by atoms with E-state index in [0.29, 0.717) is 11.5 Å². The Hall–Kier alpha value is -1.25. The number of rotatable bonds is 0. The van der Waals surface area contributed by atoms with Gasteiger partial charge in [0.25, 0.3) is 0 Å². The highest BCUT2D eigenvalue weighted by molar-refractivity contribution is 5.70. The maximum absolute atomic E-state index is 13.1. The molecule has 0 radical (unpaired) electrons. The first kappa shape index (κ1) is 9.94. The Morgan fingerprint density at radius 2 is 2.25 bits per heavy atom. The summed E-state index contributed by atoms with van der Waals surface area (Å²) in [6, 6.07) is 5.45. The van der Waals surface area contributed by atoms with Crippen molar-refractivity contribution in [2.45, 2.75) is 32.2 Å². The average Bonchev–Trinajstić information content (AvgIpc) is 2.55. The molecule has 0 aromatic heterocycles. The molecule has 1 aromatic carbocycles. The second kappa shape index (κ2) is 3.37. The Morgan fingerprint density at radius 1 is 1.38 bits per heavy atom. The summed E-state index contributed by atoms with van der Waals surface area (Å²) < 4.78 is 13.1. The highest BCUT2D eigenvalue weighted by Gasteiger charge is 2.40. The third-order valence-electron chi connectivity index (χ3n) is 4.08. The summed E-state index contributed by atoms with van der Waals surface area (Å²) in [5.41, 5.74) is 2.24. The van der Waals surface area contributed by atoms with Gasteiger partial charge in [-0.05, 0) is 31.0 Å². The van der Waals surface area contributed by atoms with E-state index < -0.39 is 0 Å². The van der Waals surface area contributed by atoms with Crippen LogP contribution in [0.25, 0.3) is 0 Å². The lowest BCUT2D eigenvalue weighted by Gasteiger charge is -2.29. The van der Waals surface area contributed by atoms with Gasteiger partial charge in [-0.3, -0.25) is 0 Å². The molecule has 3 heteroatoms. The summed E-state index contributed by atoms with van der Waals surface area (Å²) in [7, 11) is 0. The smallest absolute Gasteiger partial charge is 0.125 e. The molecule has 1 fully saturated rings. The molecule has 0 saturated heterocycles. The maximum atomic E-state index is 13.1. The molecular weight excluding hydrogens is 203 g/mol. The molecule has 0 amide bonds. The van der Waals surface area contributed by atoms with Crippen molar-refractivity contribution in [2.75, 3.05) is 17.2 Å². The van der Waals surface area contributed by atoms with E-state index >= 15 is 0 Å². The van der Waals surface area contributed by atoms with E-state index in [-0.39, 0.29) is 5.82 Å². The van der Waals surface area contributed by atoms with Crippen molar-refractivity contribution in [3.8, 4) is 0 Å². The predicted molar refractivity (Wildman–Crippen MR) is 64.3 cm³/mol. The van der Waals surface area contributed by atoms with Gasteiger partial charge < -0.3 is 10.6 Å². The minimum atomic E-state index is -0.176. The normalized spacial score (nSPS) is 32.0. The van der Waals surface area contributed by atoms with E-state index in [4.69, 9.17) is 0 Å². The Kier molecular flexibility index (Phi) is 2.09. The van der Waals surface area contributed by atoms with Crippen molar-refractivity contribution in [3.63, 3.8) is 0 Å². The molecule has 2 unspecified atom stereocenters. The van der Waals surface area contributed by atoms with Crippen molar-refractivity contribution in [2.24, 2.45) is 5.41 Å². The minimum absolute atomic E-state index is 0.176. The molecule has 1 aromatic rings. The van der Waals surface area contributed by atoms with Crippen molar-refractivity contribution >= 4 is 11.4 Å². The number of anilines is 2. The first-order valence-corrected chi connectivity index (χ1v) is 5.97. The summed E-state index contributed by atoms with van der Waals surface area (Å²) in [6.07, 6.45) is 3.75. The first-order chi connectivity index (χ1) is 7.67. The zero-order chi connectivity index (χ0) is 11.2. The number of halogens is 1. The topological polar surface area (TPSA) is 24.1 Å². The van der Waals surface area contributed by atoms with Gasteiger partial charge >= 0.3 is 0 Å². The van der Waals surface area contributed by atoms with Gasteiger partial charge in [-0.15, -0.1) is 0 Å². The van der Waals surface area contributed by atoms with E-state index in [1.165, 1.54) is 25.3 Å². The van der Waals surface area contributed by atoms with Crippen LogP contribution in [0.2, 0.25) is 0 Å². The predicted octanol–water partition coefficient (Wildman–Crippen LogP) is 3.22. The van der Waals surface area contributed by atoms with Crippen LogP contribution < -0.4 is 10.6 Å². The monoisotopic (exact) mass is 220 g/mol. The number of hydrogen-bond donors (Lipinski definition) is 2. The van der Waals surface area contributed by atoms with Crippen molar-refractivity contribution < 1.29 is 4.39 Å². The van der Waals surface area contributed by atoms with Gasteiger partial charge in [0.1, 0.15) is 5.82 Å². The maximum Gasteiger partial charge on any atom is 0.125 e. The SMILES string of the molecule is CC12CCCC1Nc1ccc(F)cc1NC2. The molecule has 1 heterocycles. The molecule has 2 aliphatic rings. The van der Waals surface area contributed by atoms with Crippen molar-refractivity contribution in [3.05, 3.63) is 24.0 Å². The van der Waals surface area contributed by atoms with E-state index in [9.17, 15) is 4.39 Å². The third kappa shape index (κ3) is 1.46. The van der Waals surface area contributed by atoms with E-state index in [1.54, 1.807) is 6.07 Å². The van der Waals surface area contributed by atoms with Crippen LogP contribution in [0.3, 0.4) is 0 Å². The zero-order valence-corrected chi connectivity index (χ0v) is 9.52. The molecule has 1 aliphatic heterocycles. The van der Waals surface area contributed by atoms with E-state index in [0.717, 1.165) is 17.9 Å². The zero-order valence-electron chi connectivity index (χ0n) is 9.52. The second-order valence-corrected chi connectivity index (χ2v) is 5.29. The van der Waals surface area contributed by atoms with Crippen LogP contribution in [0.15, 0.2) is 18.2 Å². The van der Waals surface area contributed by atoms with E-state index in [2.05, 4.69) is 17.6 Å².